The van der Waals surface area contributed by atoms with Crippen molar-refractivity contribution in [2.24, 2.45) is 0 Å². The molecule has 0 bridgehead atoms. The molecule has 0 saturated heterocycles. The molecule has 0 fully saturated rings. The van der Waals surface area contributed by atoms with E-state index in [1.165, 1.54) is 6.07 Å². The number of nitro benzene ring substituents is 1. The highest BCUT2D eigenvalue weighted by molar-refractivity contribution is 5.83. The Morgan fingerprint density at radius 3 is 2.25 bits per heavy atom. The largest absolute Gasteiger partial charge is 0.378 e. The standard InChI is InChI=1S/C16H16N2O2/c1-12(13-8-10-14(11-9-13)17(2)3)15-6-4-5-7-16(15)18(19)20/h4-11H,1H2,2-3H3. The van der Waals surface area contributed by atoms with Gasteiger partial charge in [0.05, 0.1) is 10.5 Å². The van der Waals surface area contributed by atoms with Gasteiger partial charge in [-0.05, 0) is 29.3 Å². The molecule has 0 atom stereocenters. The SMILES string of the molecule is C=C(c1ccc(N(C)C)cc1)c1ccccc1[N+](=O)[O-]. The molecule has 4 nitrogen and oxygen atoms in total. The molecule has 0 N–H and O–H groups in total. The molecule has 2 rings (SSSR count). The van der Waals surface area contributed by atoms with Crippen molar-refractivity contribution >= 4 is 16.9 Å². The van der Waals surface area contributed by atoms with Crippen LogP contribution in [-0.4, -0.2) is 19.0 Å². The maximum absolute atomic E-state index is 11.1. The van der Waals surface area contributed by atoms with E-state index in [1.54, 1.807) is 18.2 Å². The highest BCUT2D eigenvalue weighted by atomic mass is 16.6. The van der Waals surface area contributed by atoms with Gasteiger partial charge in [0.2, 0.25) is 0 Å². The van der Waals surface area contributed by atoms with Crippen LogP contribution in [0.2, 0.25) is 0 Å². The number of para-hydroxylation sites is 1. The summed E-state index contributed by atoms with van der Waals surface area (Å²) >= 11 is 0. The molecular formula is C16H16N2O2. The fraction of sp³-hybridized carbons (Fsp3) is 0.125. The van der Waals surface area contributed by atoms with Crippen molar-refractivity contribution in [1.29, 1.82) is 0 Å². The van der Waals surface area contributed by atoms with Crippen LogP contribution < -0.4 is 4.90 Å². The molecule has 0 saturated carbocycles. The summed E-state index contributed by atoms with van der Waals surface area (Å²) in [5, 5.41) is 11.1. The van der Waals surface area contributed by atoms with E-state index < -0.39 is 0 Å². The van der Waals surface area contributed by atoms with Crippen molar-refractivity contribution in [3.8, 4) is 0 Å². The minimum Gasteiger partial charge on any atom is -0.378 e. The van der Waals surface area contributed by atoms with Crippen molar-refractivity contribution in [2.75, 3.05) is 19.0 Å². The van der Waals surface area contributed by atoms with Gasteiger partial charge in [0.25, 0.3) is 5.69 Å². The molecule has 0 amide bonds. The molecule has 0 aliphatic rings. The topological polar surface area (TPSA) is 46.4 Å². The third kappa shape index (κ3) is 2.69. The first-order chi connectivity index (χ1) is 9.50. The van der Waals surface area contributed by atoms with E-state index in [2.05, 4.69) is 6.58 Å². The molecule has 0 heterocycles. The van der Waals surface area contributed by atoms with Gasteiger partial charge in [-0.1, -0.05) is 30.8 Å². The zero-order valence-electron chi connectivity index (χ0n) is 11.5. The van der Waals surface area contributed by atoms with Gasteiger partial charge >= 0.3 is 0 Å². The smallest absolute Gasteiger partial charge is 0.277 e. The van der Waals surface area contributed by atoms with E-state index in [4.69, 9.17) is 0 Å². The van der Waals surface area contributed by atoms with E-state index in [0.29, 0.717) is 11.1 Å². The Hall–Kier alpha value is -2.62. The van der Waals surface area contributed by atoms with E-state index >= 15 is 0 Å². The highest BCUT2D eigenvalue weighted by Gasteiger charge is 2.15. The number of nitro groups is 1. The van der Waals surface area contributed by atoms with Crippen LogP contribution in [0, 0.1) is 10.1 Å². The number of hydrogen-bond donors (Lipinski definition) is 0. The van der Waals surface area contributed by atoms with Gasteiger partial charge in [-0.15, -0.1) is 0 Å². The lowest BCUT2D eigenvalue weighted by molar-refractivity contribution is -0.385. The first kappa shape index (κ1) is 13.8. The molecule has 102 valence electrons. The van der Waals surface area contributed by atoms with Crippen LogP contribution in [0.15, 0.2) is 55.1 Å². The number of anilines is 1. The van der Waals surface area contributed by atoms with Crippen LogP contribution >= 0.6 is 0 Å². The van der Waals surface area contributed by atoms with Crippen LogP contribution in [0.4, 0.5) is 11.4 Å². The Kier molecular flexibility index (Phi) is 3.84. The summed E-state index contributed by atoms with van der Waals surface area (Å²) in [7, 11) is 3.93. The Morgan fingerprint density at radius 2 is 1.70 bits per heavy atom. The third-order valence-corrected chi connectivity index (χ3v) is 3.16. The van der Waals surface area contributed by atoms with Gasteiger partial charge < -0.3 is 4.90 Å². The van der Waals surface area contributed by atoms with E-state index in [9.17, 15) is 10.1 Å². The molecule has 0 spiro atoms. The number of rotatable bonds is 4. The number of hydrogen-bond acceptors (Lipinski definition) is 3. The molecule has 0 radical (unpaired) electrons. The average molecular weight is 268 g/mol. The minimum absolute atomic E-state index is 0.0780. The third-order valence-electron chi connectivity index (χ3n) is 3.16. The fourth-order valence-electron chi connectivity index (χ4n) is 2.00. The maximum Gasteiger partial charge on any atom is 0.277 e. The highest BCUT2D eigenvalue weighted by Crippen LogP contribution is 2.30. The summed E-state index contributed by atoms with van der Waals surface area (Å²) in [6.45, 7) is 3.99. The maximum atomic E-state index is 11.1. The second kappa shape index (κ2) is 5.57. The first-order valence-corrected chi connectivity index (χ1v) is 6.21. The van der Waals surface area contributed by atoms with Crippen molar-refractivity contribution in [3.05, 3.63) is 76.4 Å². The first-order valence-electron chi connectivity index (χ1n) is 6.21. The Balaban J connectivity index is 2.39. The zero-order chi connectivity index (χ0) is 14.7. The van der Waals surface area contributed by atoms with Crippen LogP contribution in [0.3, 0.4) is 0 Å². The monoisotopic (exact) mass is 268 g/mol. The summed E-state index contributed by atoms with van der Waals surface area (Å²) in [5.74, 6) is 0. The molecule has 2 aromatic carbocycles. The van der Waals surface area contributed by atoms with Crippen LogP contribution in [-0.2, 0) is 0 Å². The lowest BCUT2D eigenvalue weighted by Gasteiger charge is -2.13. The normalized spacial score (nSPS) is 10.1. The Bertz CT molecular complexity index is 646. The van der Waals surface area contributed by atoms with Gasteiger partial charge in [-0.2, -0.15) is 0 Å². The number of benzene rings is 2. The minimum atomic E-state index is -0.380. The lowest BCUT2D eigenvalue weighted by Crippen LogP contribution is -2.08. The molecule has 0 aromatic heterocycles. The summed E-state index contributed by atoms with van der Waals surface area (Å²) < 4.78 is 0. The Morgan fingerprint density at radius 1 is 1.10 bits per heavy atom. The lowest BCUT2D eigenvalue weighted by atomic mass is 9.98. The van der Waals surface area contributed by atoms with Crippen molar-refractivity contribution in [1.82, 2.24) is 0 Å². The van der Waals surface area contributed by atoms with Gasteiger partial charge in [0.15, 0.2) is 0 Å². The predicted molar refractivity (Wildman–Crippen MR) is 82.0 cm³/mol. The zero-order valence-corrected chi connectivity index (χ0v) is 11.5. The van der Waals surface area contributed by atoms with E-state index in [0.717, 1.165) is 11.3 Å². The molecule has 0 aliphatic heterocycles. The second-order valence-corrected chi connectivity index (χ2v) is 4.69. The molecule has 0 unspecified atom stereocenters. The molecule has 20 heavy (non-hydrogen) atoms. The Labute approximate surface area is 118 Å². The van der Waals surface area contributed by atoms with Crippen molar-refractivity contribution in [3.63, 3.8) is 0 Å². The molecular weight excluding hydrogens is 252 g/mol. The van der Waals surface area contributed by atoms with Crippen LogP contribution in [0.1, 0.15) is 11.1 Å². The summed E-state index contributed by atoms with van der Waals surface area (Å²) in [4.78, 5) is 12.7. The second-order valence-electron chi connectivity index (χ2n) is 4.69. The fourth-order valence-corrected chi connectivity index (χ4v) is 2.00. The van der Waals surface area contributed by atoms with Gasteiger partial charge in [0.1, 0.15) is 0 Å². The average Bonchev–Trinajstić information content (AvgIpc) is 2.46. The van der Waals surface area contributed by atoms with Gasteiger partial charge in [-0.3, -0.25) is 10.1 Å². The summed E-state index contributed by atoms with van der Waals surface area (Å²) in [6, 6.07) is 14.4. The summed E-state index contributed by atoms with van der Waals surface area (Å²) in [6.07, 6.45) is 0. The summed E-state index contributed by atoms with van der Waals surface area (Å²) in [5.41, 5.74) is 3.24. The van der Waals surface area contributed by atoms with Crippen molar-refractivity contribution in [2.45, 2.75) is 0 Å². The molecule has 0 aliphatic carbocycles. The number of nitrogens with zero attached hydrogens (tertiary/aromatic N) is 2. The molecule has 2 aromatic rings. The van der Waals surface area contributed by atoms with E-state index in [-0.39, 0.29) is 10.6 Å². The van der Waals surface area contributed by atoms with Crippen LogP contribution in [0.25, 0.3) is 5.57 Å². The van der Waals surface area contributed by atoms with Gasteiger partial charge in [-0.25, -0.2) is 0 Å². The van der Waals surface area contributed by atoms with E-state index in [1.807, 2.05) is 43.3 Å². The van der Waals surface area contributed by atoms with Crippen LogP contribution in [0.5, 0.6) is 0 Å². The quantitative estimate of drug-likeness (QED) is 0.627. The van der Waals surface area contributed by atoms with Crippen molar-refractivity contribution < 1.29 is 4.92 Å². The predicted octanol–water partition coefficient (Wildman–Crippen LogP) is 3.72. The molecule has 4 heteroatoms. The van der Waals surface area contributed by atoms with Gasteiger partial charge in [0, 0.05) is 25.8 Å².